The Kier molecular flexibility index (Phi) is 6.38. The molecule has 0 unspecified atom stereocenters. The number of nitrogens with zero attached hydrogens (tertiary/aromatic N) is 1. The van der Waals surface area contributed by atoms with Crippen molar-refractivity contribution in [3.8, 4) is 0 Å². The van der Waals surface area contributed by atoms with E-state index in [-0.39, 0.29) is 11.3 Å². The van der Waals surface area contributed by atoms with Crippen molar-refractivity contribution in [3.63, 3.8) is 0 Å². The van der Waals surface area contributed by atoms with Crippen molar-refractivity contribution >= 4 is 17.5 Å². The number of aromatic nitrogens is 1. The lowest BCUT2D eigenvalue weighted by atomic mass is 10.0. The molecule has 1 aromatic heterocycles. The van der Waals surface area contributed by atoms with Crippen LogP contribution >= 0.6 is 0 Å². The Balaban J connectivity index is 2.03. The van der Waals surface area contributed by atoms with Crippen molar-refractivity contribution < 1.29 is 9.59 Å². The molecule has 134 valence electrons. The van der Waals surface area contributed by atoms with Crippen LogP contribution in [0.2, 0.25) is 0 Å². The standard InChI is InChI=1S/C20H22N4O2/c1-13-3-4-15(14(2)11-13)7-10-24-20(26)17(19(22)25)12-18(21)16-5-8-23-9-6-16/h3-6,8-9,11-12,21H,7,10H2,1-2H3,(H2,22,25)(H,24,26). The number of benzene rings is 1. The van der Waals surface area contributed by atoms with Gasteiger partial charge in [-0.3, -0.25) is 14.6 Å². The molecule has 1 heterocycles. The molecule has 0 radical (unpaired) electrons. The van der Waals surface area contributed by atoms with Crippen LogP contribution in [0.25, 0.3) is 0 Å². The average Bonchev–Trinajstić information content (AvgIpc) is 2.61. The summed E-state index contributed by atoms with van der Waals surface area (Å²) >= 11 is 0. The van der Waals surface area contributed by atoms with Crippen molar-refractivity contribution in [2.75, 3.05) is 6.54 Å². The summed E-state index contributed by atoms with van der Waals surface area (Å²) in [5.74, 6) is -1.45. The largest absolute Gasteiger partial charge is 0.365 e. The van der Waals surface area contributed by atoms with Crippen molar-refractivity contribution in [2.24, 2.45) is 5.73 Å². The van der Waals surface area contributed by atoms with E-state index in [1.807, 2.05) is 26.0 Å². The summed E-state index contributed by atoms with van der Waals surface area (Å²) in [4.78, 5) is 27.8. The highest BCUT2D eigenvalue weighted by Gasteiger charge is 2.16. The highest BCUT2D eigenvalue weighted by Crippen LogP contribution is 2.11. The van der Waals surface area contributed by atoms with Crippen LogP contribution in [0, 0.1) is 19.3 Å². The van der Waals surface area contributed by atoms with E-state index in [1.165, 1.54) is 24.0 Å². The fraction of sp³-hybridized carbons (Fsp3) is 0.200. The van der Waals surface area contributed by atoms with E-state index in [9.17, 15) is 9.59 Å². The van der Waals surface area contributed by atoms with E-state index >= 15 is 0 Å². The van der Waals surface area contributed by atoms with E-state index in [4.69, 9.17) is 11.1 Å². The topological polar surface area (TPSA) is 109 Å². The first kappa shape index (κ1) is 19.1. The maximum atomic E-state index is 12.3. The van der Waals surface area contributed by atoms with Crippen LogP contribution in [-0.4, -0.2) is 29.1 Å². The number of amides is 2. The zero-order valence-electron chi connectivity index (χ0n) is 14.9. The molecule has 6 nitrogen and oxygen atoms in total. The van der Waals surface area contributed by atoms with Gasteiger partial charge in [0.25, 0.3) is 11.8 Å². The summed E-state index contributed by atoms with van der Waals surface area (Å²) in [6.07, 6.45) is 4.90. The maximum Gasteiger partial charge on any atom is 0.256 e. The number of nitrogens with one attached hydrogen (secondary N) is 2. The molecule has 0 fully saturated rings. The van der Waals surface area contributed by atoms with Crippen molar-refractivity contribution in [1.29, 1.82) is 5.41 Å². The number of carbonyl (C=O) groups excluding carboxylic acids is 2. The monoisotopic (exact) mass is 350 g/mol. The summed E-state index contributed by atoms with van der Waals surface area (Å²) in [5, 5.41) is 10.7. The predicted molar refractivity (Wildman–Crippen MR) is 101 cm³/mol. The maximum absolute atomic E-state index is 12.3. The second-order valence-corrected chi connectivity index (χ2v) is 6.01. The highest BCUT2D eigenvalue weighted by atomic mass is 16.2. The van der Waals surface area contributed by atoms with Gasteiger partial charge in [0, 0.05) is 24.5 Å². The lowest BCUT2D eigenvalue weighted by Crippen LogP contribution is -2.33. The molecule has 0 aliphatic heterocycles. The molecule has 0 aliphatic rings. The van der Waals surface area contributed by atoms with Crippen LogP contribution in [0.4, 0.5) is 0 Å². The van der Waals surface area contributed by atoms with Gasteiger partial charge in [-0.2, -0.15) is 0 Å². The molecule has 2 amide bonds. The number of hydrogen-bond donors (Lipinski definition) is 3. The molecule has 4 N–H and O–H groups in total. The van der Waals surface area contributed by atoms with E-state index < -0.39 is 11.8 Å². The molecule has 0 spiro atoms. The molecule has 0 saturated heterocycles. The number of allylic oxidation sites excluding steroid dienone is 1. The molecule has 0 bridgehead atoms. The molecular formula is C20H22N4O2. The molecule has 2 rings (SSSR count). The Labute approximate surface area is 152 Å². The first-order valence-corrected chi connectivity index (χ1v) is 8.23. The minimum absolute atomic E-state index is 0.0192. The van der Waals surface area contributed by atoms with E-state index in [1.54, 1.807) is 12.1 Å². The summed E-state index contributed by atoms with van der Waals surface area (Å²) in [6, 6.07) is 9.38. The fourth-order valence-electron chi connectivity index (χ4n) is 2.54. The van der Waals surface area contributed by atoms with E-state index in [0.717, 1.165) is 11.1 Å². The van der Waals surface area contributed by atoms with Crippen molar-refractivity contribution in [2.45, 2.75) is 20.3 Å². The summed E-state index contributed by atoms with van der Waals surface area (Å²) < 4.78 is 0. The van der Waals surface area contributed by atoms with Crippen molar-refractivity contribution in [3.05, 3.63) is 76.6 Å². The molecule has 0 saturated carbocycles. The first-order valence-electron chi connectivity index (χ1n) is 8.23. The van der Waals surface area contributed by atoms with Crippen LogP contribution in [0.5, 0.6) is 0 Å². The SMILES string of the molecule is Cc1ccc(CCNC(=O)C(=CC(=N)c2ccncc2)C(N)=O)c(C)c1. The molecule has 0 aliphatic carbocycles. The third-order valence-corrected chi connectivity index (χ3v) is 3.97. The third kappa shape index (κ3) is 5.11. The third-order valence-electron chi connectivity index (χ3n) is 3.97. The number of aryl methyl sites for hydroxylation is 2. The molecular weight excluding hydrogens is 328 g/mol. The second kappa shape index (κ2) is 8.71. The van der Waals surface area contributed by atoms with Crippen LogP contribution in [0.1, 0.15) is 22.3 Å². The van der Waals surface area contributed by atoms with Gasteiger partial charge >= 0.3 is 0 Å². The van der Waals surface area contributed by atoms with Gasteiger partial charge in [-0.15, -0.1) is 0 Å². The predicted octanol–water partition coefficient (Wildman–Crippen LogP) is 1.84. The minimum atomic E-state index is -0.868. The van der Waals surface area contributed by atoms with Gasteiger partial charge in [0.05, 0.1) is 5.71 Å². The van der Waals surface area contributed by atoms with Gasteiger partial charge in [0.2, 0.25) is 0 Å². The summed E-state index contributed by atoms with van der Waals surface area (Å²) in [7, 11) is 0. The highest BCUT2D eigenvalue weighted by molar-refractivity contribution is 6.23. The van der Waals surface area contributed by atoms with Crippen LogP contribution < -0.4 is 11.1 Å². The molecule has 6 heteroatoms. The van der Waals surface area contributed by atoms with Gasteiger partial charge in [0.1, 0.15) is 5.57 Å². The number of pyridine rings is 1. The van der Waals surface area contributed by atoms with Gasteiger partial charge in [-0.1, -0.05) is 23.8 Å². The van der Waals surface area contributed by atoms with Gasteiger partial charge in [0.15, 0.2) is 0 Å². The Morgan fingerprint density at radius 3 is 2.50 bits per heavy atom. The molecule has 2 aromatic rings. The Morgan fingerprint density at radius 1 is 1.19 bits per heavy atom. The molecule has 0 atom stereocenters. The van der Waals surface area contributed by atoms with Gasteiger partial charge < -0.3 is 16.5 Å². The van der Waals surface area contributed by atoms with Gasteiger partial charge in [-0.05, 0) is 49.6 Å². The Morgan fingerprint density at radius 2 is 1.88 bits per heavy atom. The number of primary amides is 1. The quantitative estimate of drug-likeness (QED) is 0.307. The Bertz CT molecular complexity index is 857. The number of rotatable bonds is 7. The Hall–Kier alpha value is -3.28. The van der Waals surface area contributed by atoms with E-state index in [0.29, 0.717) is 18.5 Å². The second-order valence-electron chi connectivity index (χ2n) is 6.01. The molecule has 26 heavy (non-hydrogen) atoms. The van der Waals surface area contributed by atoms with Crippen molar-refractivity contribution in [1.82, 2.24) is 10.3 Å². The zero-order valence-corrected chi connectivity index (χ0v) is 14.9. The van der Waals surface area contributed by atoms with Crippen LogP contribution in [-0.2, 0) is 16.0 Å². The summed E-state index contributed by atoms with van der Waals surface area (Å²) in [5.41, 5.74) is 9.10. The van der Waals surface area contributed by atoms with Gasteiger partial charge in [-0.25, -0.2) is 0 Å². The summed E-state index contributed by atoms with van der Waals surface area (Å²) in [6.45, 7) is 4.42. The van der Waals surface area contributed by atoms with Crippen LogP contribution in [0.15, 0.2) is 54.4 Å². The minimum Gasteiger partial charge on any atom is -0.365 e. The van der Waals surface area contributed by atoms with Crippen LogP contribution in [0.3, 0.4) is 0 Å². The number of nitrogens with two attached hydrogens (primary N) is 1. The average molecular weight is 350 g/mol. The lowest BCUT2D eigenvalue weighted by Gasteiger charge is -2.09. The zero-order chi connectivity index (χ0) is 19.1. The lowest BCUT2D eigenvalue weighted by molar-refractivity contribution is -0.122. The van der Waals surface area contributed by atoms with E-state index in [2.05, 4.69) is 16.4 Å². The number of carbonyl (C=O) groups is 2. The number of hydrogen-bond acceptors (Lipinski definition) is 4. The molecule has 1 aromatic carbocycles. The first-order chi connectivity index (χ1) is 12.4. The normalized spacial score (nSPS) is 11.1. The fourth-order valence-corrected chi connectivity index (χ4v) is 2.54. The smallest absolute Gasteiger partial charge is 0.256 e.